The van der Waals surface area contributed by atoms with E-state index >= 15 is 13.2 Å². The van der Waals surface area contributed by atoms with Crippen molar-refractivity contribution in [3.8, 4) is 33.6 Å². The van der Waals surface area contributed by atoms with Gasteiger partial charge < -0.3 is 36.0 Å². The number of nitrogens with zero attached hydrogens (tertiary/aromatic N) is 5. The van der Waals surface area contributed by atoms with Gasteiger partial charge in [0.2, 0.25) is 17.7 Å². The van der Waals surface area contributed by atoms with Crippen LogP contribution in [0.5, 0.6) is 6.01 Å². The molecule has 0 bridgehead atoms. The van der Waals surface area contributed by atoms with Crippen LogP contribution in [0.15, 0.2) is 52.8 Å². The molecule has 3 aromatic carbocycles. The number of carbonyl (C=O) groups is 3. The molecule has 8 rings (SSSR count). The summed E-state index contributed by atoms with van der Waals surface area (Å²) in [7, 11) is 1.70. The number of ether oxygens (including phenoxy) is 1. The van der Waals surface area contributed by atoms with Gasteiger partial charge in [0, 0.05) is 49.8 Å². The maximum Gasteiger partial charge on any atom is 0.297 e. The molecule has 15 nitrogen and oxygen atoms in total. The van der Waals surface area contributed by atoms with Gasteiger partial charge in [-0.15, -0.1) is 22.7 Å². The maximum absolute atomic E-state index is 16.4. The van der Waals surface area contributed by atoms with Crippen LogP contribution >= 0.6 is 34.3 Å². The smallest absolute Gasteiger partial charge is 0.297 e. The lowest BCUT2D eigenvalue weighted by Crippen LogP contribution is -2.57. The Labute approximate surface area is 437 Å². The number of halogens is 5. The molecule has 2 fully saturated rings. The van der Waals surface area contributed by atoms with E-state index in [2.05, 4.69) is 25.6 Å². The number of aromatic amines is 1. The fraction of sp³-hybridized carbons (Fsp3) is 0.442. The van der Waals surface area contributed by atoms with Crippen LogP contribution in [-0.2, 0) is 20.9 Å². The van der Waals surface area contributed by atoms with E-state index < -0.39 is 88.5 Å². The largest absolute Gasteiger partial charge is 0.464 e. The lowest BCUT2D eigenvalue weighted by molar-refractivity contribution is -0.144. The number of nitrogens with one attached hydrogen (secondary N) is 3. The lowest BCUT2D eigenvalue weighted by atomic mass is 9.85. The molecule has 0 unspecified atom stereocenters. The summed E-state index contributed by atoms with van der Waals surface area (Å²) in [6, 6.07) is 10.8. The normalized spacial score (nSPS) is 18.7. The van der Waals surface area contributed by atoms with Gasteiger partial charge in [0.05, 0.1) is 48.3 Å². The predicted octanol–water partition coefficient (Wildman–Crippen LogP) is 8.72. The van der Waals surface area contributed by atoms with Gasteiger partial charge in [0.25, 0.3) is 17.5 Å². The van der Waals surface area contributed by atoms with Crippen LogP contribution in [0.4, 0.5) is 22.6 Å². The number of likely N-dealkylation sites (tertiary alicyclic amines) is 1. The molecule has 0 radical (unpaired) electrons. The van der Waals surface area contributed by atoms with Crippen LogP contribution in [-0.4, -0.2) is 105 Å². The van der Waals surface area contributed by atoms with Gasteiger partial charge in [-0.25, -0.2) is 22.5 Å². The number of nitriles is 1. The molecule has 392 valence electrons. The molecule has 74 heavy (non-hydrogen) atoms. The molecule has 1 saturated heterocycles. The Morgan fingerprint density at radius 3 is 2.51 bits per heavy atom. The van der Waals surface area contributed by atoms with E-state index in [-0.39, 0.29) is 80.6 Å². The van der Waals surface area contributed by atoms with Crippen molar-refractivity contribution in [2.75, 3.05) is 39.0 Å². The minimum Gasteiger partial charge on any atom is -0.464 e. The zero-order valence-corrected chi connectivity index (χ0v) is 43.7. The van der Waals surface area contributed by atoms with Crippen LogP contribution < -0.4 is 26.7 Å². The first-order valence-corrected chi connectivity index (χ1v) is 26.2. The minimum absolute atomic E-state index is 0.00866. The number of carbonyl (C=O) groups excluding carboxylic acids is 3. The van der Waals surface area contributed by atoms with Crippen LogP contribution in [0, 0.1) is 40.7 Å². The quantitative estimate of drug-likeness (QED) is 0.0382. The van der Waals surface area contributed by atoms with Crippen LogP contribution in [0.3, 0.4) is 0 Å². The second-order valence-corrected chi connectivity index (χ2v) is 22.7. The number of unbranched alkanes of at least 4 members (excludes halogenated alkanes) is 3. The number of benzene rings is 3. The third-order valence-electron chi connectivity index (χ3n) is 13.7. The fourth-order valence-electron chi connectivity index (χ4n) is 9.60. The summed E-state index contributed by atoms with van der Waals surface area (Å²) < 4.78 is 67.1. The number of β-amino-alcohol motifs (C(OH)–C–C–N with tert-alkyl or cyclic N) is 1. The van der Waals surface area contributed by atoms with Gasteiger partial charge in [0.1, 0.15) is 41.1 Å². The summed E-state index contributed by atoms with van der Waals surface area (Å²) in [5, 5.41) is 25.8. The minimum atomic E-state index is -3.10. The average Bonchev–Trinajstić information content (AvgIpc) is 3.79. The highest BCUT2D eigenvalue weighted by Gasteiger charge is 2.71. The Kier molecular flexibility index (Phi) is 15.8. The van der Waals surface area contributed by atoms with Crippen molar-refractivity contribution in [1.29, 1.82) is 5.26 Å². The highest BCUT2D eigenvalue weighted by atomic mass is 35.5. The molecule has 6 aromatic rings. The zero-order valence-electron chi connectivity index (χ0n) is 41.3. The van der Waals surface area contributed by atoms with E-state index in [9.17, 15) is 33.9 Å². The maximum atomic E-state index is 16.4. The standard InChI is InChI=1S/C52H56ClF4N9O6S2/c1-27-42(73-26-61-27)29-13-11-28(12-14-29)21-60-47(70)36-18-30(67)22-66(36)48(71)44(50(2,3)4)62-37(68)10-8-6-7-9-17-65(5)24-51(23-52(51,56)57)25-72-49-63-41-32(46(69)64-49)19-34(53)39(40(41)55)31-15-16-35(54)43-38(31)33(20-58)45(59)74-43/h11-16,19,26,30,36,44,67H,6-10,17-18,21-25,59H2,1-5H3,(H,60,70)(H,62,68)(H,63,64,69)/t30-,36+,44-,51-/m1/s1. The van der Waals surface area contributed by atoms with Crippen LogP contribution in [0.1, 0.15) is 82.5 Å². The molecule has 3 amide bonds. The Bertz CT molecular complexity index is 3230. The summed E-state index contributed by atoms with van der Waals surface area (Å²) >= 11 is 8.86. The van der Waals surface area contributed by atoms with Gasteiger partial charge in [0.15, 0.2) is 5.82 Å². The number of hydrogen-bond acceptors (Lipinski definition) is 13. The summed E-state index contributed by atoms with van der Waals surface area (Å²) in [6.45, 7) is 7.40. The highest BCUT2D eigenvalue weighted by molar-refractivity contribution is 7.23. The number of fused-ring (bicyclic) bond motifs is 2. The van der Waals surface area contributed by atoms with E-state index in [1.54, 1.807) is 28.8 Å². The number of amides is 3. The Balaban J connectivity index is 0.810. The second kappa shape index (κ2) is 21.6. The predicted molar refractivity (Wildman–Crippen MR) is 277 cm³/mol. The van der Waals surface area contributed by atoms with Gasteiger partial charge in [-0.2, -0.15) is 10.2 Å². The van der Waals surface area contributed by atoms with Crippen molar-refractivity contribution in [1.82, 2.24) is 35.4 Å². The summed E-state index contributed by atoms with van der Waals surface area (Å²) in [6.07, 6.45) is 1.23. The highest BCUT2D eigenvalue weighted by Crippen LogP contribution is 2.61. The first-order valence-electron chi connectivity index (χ1n) is 24.1. The number of aromatic nitrogens is 3. The monoisotopic (exact) mass is 1080 g/mol. The molecule has 22 heteroatoms. The topological polar surface area (TPSA) is 220 Å². The average molecular weight is 1080 g/mol. The fourth-order valence-corrected chi connectivity index (χ4v) is 11.7. The Morgan fingerprint density at radius 1 is 1.14 bits per heavy atom. The number of rotatable bonds is 19. The van der Waals surface area contributed by atoms with E-state index in [1.165, 1.54) is 17.0 Å². The van der Waals surface area contributed by atoms with Crippen LogP contribution in [0.25, 0.3) is 42.6 Å². The summed E-state index contributed by atoms with van der Waals surface area (Å²) in [5.41, 5.74) is 6.61. The molecular formula is C52H56ClF4N9O6S2. The molecule has 2 aliphatic rings. The number of aryl methyl sites for hydroxylation is 1. The van der Waals surface area contributed by atoms with Gasteiger partial charge >= 0.3 is 0 Å². The Morgan fingerprint density at radius 2 is 1.85 bits per heavy atom. The van der Waals surface area contributed by atoms with Gasteiger partial charge in [-0.3, -0.25) is 24.2 Å². The second-order valence-electron chi connectivity index (χ2n) is 20.4. The molecule has 6 N–H and O–H groups in total. The SMILES string of the molecule is Cc1ncsc1-c1ccc(CNC(=O)[C@@H]2C[C@@H](O)CN2C(=O)[C@@H](NC(=O)CCCCCCN(C)C[C@@]2(COc3nc4c(F)c(-c5ccc(F)c6sc(N)c(C#N)c56)c(Cl)cc4c(=O)[nH]3)CC2(F)F)C(C)(C)C)cc1. The number of aliphatic hydroxyl groups is 1. The molecule has 4 heterocycles. The summed E-state index contributed by atoms with van der Waals surface area (Å²) in [4.78, 5) is 69.0. The number of alkyl halides is 2. The van der Waals surface area contributed by atoms with E-state index in [4.69, 9.17) is 22.1 Å². The molecular weight excluding hydrogens is 1020 g/mol. The van der Waals surface area contributed by atoms with Crippen LogP contribution in [0.2, 0.25) is 5.02 Å². The number of H-pyrrole nitrogens is 1. The Hall–Kier alpha value is -6.18. The van der Waals surface area contributed by atoms with Gasteiger partial charge in [-0.1, -0.05) is 75.5 Å². The van der Waals surface area contributed by atoms with Crippen molar-refractivity contribution in [2.24, 2.45) is 10.8 Å². The number of thiophene rings is 1. The molecule has 1 aliphatic carbocycles. The number of hydrogen-bond donors (Lipinski definition) is 5. The van der Waals surface area contributed by atoms with Crippen molar-refractivity contribution in [3.63, 3.8) is 0 Å². The van der Waals surface area contributed by atoms with E-state index in [1.807, 2.05) is 58.0 Å². The van der Waals surface area contributed by atoms with Crippen molar-refractivity contribution < 1.29 is 41.8 Å². The van der Waals surface area contributed by atoms with E-state index in [0.717, 1.165) is 39.1 Å². The third-order valence-corrected chi connectivity index (χ3v) is 16.0. The summed E-state index contributed by atoms with van der Waals surface area (Å²) in [5.74, 6) is -6.06. The molecule has 4 atom stereocenters. The molecule has 0 spiro atoms. The van der Waals surface area contributed by atoms with Crippen molar-refractivity contribution in [3.05, 3.63) is 91.8 Å². The number of nitrogens with two attached hydrogens (primary N) is 1. The third kappa shape index (κ3) is 11.2. The number of thiazole rings is 1. The van der Waals surface area contributed by atoms with Crippen molar-refractivity contribution >= 4 is 78.0 Å². The first kappa shape index (κ1) is 54.1. The van der Waals surface area contributed by atoms with Gasteiger partial charge in [-0.05, 0) is 67.6 Å². The lowest BCUT2D eigenvalue weighted by Gasteiger charge is -2.35. The molecule has 1 aliphatic heterocycles. The molecule has 1 saturated carbocycles. The number of anilines is 1. The number of nitrogen functional groups attached to an aromatic ring is 1. The zero-order chi connectivity index (χ0) is 53.4. The van der Waals surface area contributed by atoms with E-state index in [0.29, 0.717) is 32.2 Å². The molecule has 3 aromatic heterocycles. The van der Waals surface area contributed by atoms with Crippen molar-refractivity contribution in [2.45, 2.75) is 103 Å². The first-order chi connectivity index (χ1) is 35.0. The number of aliphatic hydroxyl groups excluding tert-OH is 1.